The van der Waals surface area contributed by atoms with Crippen LogP contribution < -0.4 is 9.62 Å². The topological polar surface area (TPSA) is 66.5 Å². The van der Waals surface area contributed by atoms with Gasteiger partial charge in [-0.25, -0.2) is 12.8 Å². The van der Waals surface area contributed by atoms with Crippen LogP contribution in [0.25, 0.3) is 0 Å². The normalized spacial score (nSPS) is 11.2. The molecule has 0 aliphatic heterocycles. The van der Waals surface area contributed by atoms with E-state index in [1.54, 1.807) is 55.5 Å². The van der Waals surface area contributed by atoms with Crippen LogP contribution in [-0.2, 0) is 21.2 Å². The lowest BCUT2D eigenvalue weighted by molar-refractivity contribution is -0.119. The van der Waals surface area contributed by atoms with E-state index in [1.165, 1.54) is 24.3 Å². The lowest BCUT2D eigenvalue weighted by Gasteiger charge is -2.26. The van der Waals surface area contributed by atoms with Gasteiger partial charge in [-0.1, -0.05) is 48.0 Å². The number of nitrogens with zero attached hydrogens (tertiary/aromatic N) is 1. The second-order valence-electron chi connectivity index (χ2n) is 6.94. The number of carbonyl (C=O) groups is 1. The van der Waals surface area contributed by atoms with E-state index in [4.69, 9.17) is 11.6 Å². The number of hydrogen-bond donors (Lipinski definition) is 1. The summed E-state index contributed by atoms with van der Waals surface area (Å²) in [5.41, 5.74) is 1.76. The Morgan fingerprint density at radius 3 is 2.35 bits per heavy atom. The molecule has 0 radical (unpaired) electrons. The molecule has 8 heteroatoms. The molecule has 0 atom stereocenters. The summed E-state index contributed by atoms with van der Waals surface area (Å²) in [5.74, 6) is -0.785. The monoisotopic (exact) mass is 460 g/mol. The van der Waals surface area contributed by atoms with Crippen molar-refractivity contribution in [2.45, 2.75) is 18.2 Å². The summed E-state index contributed by atoms with van der Waals surface area (Å²) in [6.07, 6.45) is 0.494. The van der Waals surface area contributed by atoms with Gasteiger partial charge in [0, 0.05) is 11.6 Å². The Morgan fingerprint density at radius 2 is 1.68 bits per heavy atom. The van der Waals surface area contributed by atoms with Crippen molar-refractivity contribution in [1.29, 1.82) is 0 Å². The second kappa shape index (κ2) is 9.94. The molecule has 0 saturated carbocycles. The van der Waals surface area contributed by atoms with Crippen LogP contribution in [0.15, 0.2) is 77.7 Å². The van der Waals surface area contributed by atoms with Crippen LogP contribution in [-0.4, -0.2) is 27.4 Å². The van der Waals surface area contributed by atoms with Gasteiger partial charge in [-0.15, -0.1) is 0 Å². The van der Waals surface area contributed by atoms with Gasteiger partial charge < -0.3 is 5.32 Å². The van der Waals surface area contributed by atoms with Crippen molar-refractivity contribution >= 4 is 33.2 Å². The molecule has 0 spiro atoms. The first-order valence-corrected chi connectivity index (χ1v) is 11.4. The molecule has 0 saturated heterocycles. The molecular weight excluding hydrogens is 439 g/mol. The van der Waals surface area contributed by atoms with Crippen LogP contribution in [0.1, 0.15) is 11.1 Å². The van der Waals surface area contributed by atoms with Crippen molar-refractivity contribution in [2.75, 3.05) is 17.4 Å². The second-order valence-corrected chi connectivity index (χ2v) is 9.20. The Kier molecular flexibility index (Phi) is 7.30. The van der Waals surface area contributed by atoms with Gasteiger partial charge in [-0.3, -0.25) is 9.10 Å². The predicted octanol–water partition coefficient (Wildman–Crippen LogP) is 4.34. The van der Waals surface area contributed by atoms with Gasteiger partial charge in [0.2, 0.25) is 5.91 Å². The molecule has 3 aromatic rings. The minimum atomic E-state index is -4.00. The minimum Gasteiger partial charge on any atom is -0.354 e. The van der Waals surface area contributed by atoms with Crippen molar-refractivity contribution in [3.8, 4) is 0 Å². The number of nitrogens with one attached hydrogen (secondary N) is 1. The summed E-state index contributed by atoms with van der Waals surface area (Å²) < 4.78 is 40.7. The Balaban J connectivity index is 1.80. The maximum atomic E-state index is 13.3. The largest absolute Gasteiger partial charge is 0.354 e. The third kappa shape index (κ3) is 5.62. The smallest absolute Gasteiger partial charge is 0.264 e. The van der Waals surface area contributed by atoms with Crippen LogP contribution >= 0.6 is 11.6 Å². The van der Waals surface area contributed by atoms with Crippen LogP contribution in [0.2, 0.25) is 5.02 Å². The van der Waals surface area contributed by atoms with E-state index in [9.17, 15) is 17.6 Å². The number of sulfonamides is 1. The third-order valence-electron chi connectivity index (χ3n) is 4.78. The Hall–Kier alpha value is -2.90. The molecule has 3 aromatic carbocycles. The molecule has 0 heterocycles. The van der Waals surface area contributed by atoms with Crippen LogP contribution in [0.5, 0.6) is 0 Å². The van der Waals surface area contributed by atoms with Gasteiger partial charge in [-0.2, -0.15) is 0 Å². The van der Waals surface area contributed by atoms with E-state index < -0.39 is 22.5 Å². The zero-order valence-electron chi connectivity index (χ0n) is 16.9. The maximum absolute atomic E-state index is 13.3. The van der Waals surface area contributed by atoms with Gasteiger partial charge in [-0.05, 0) is 60.9 Å². The quantitative estimate of drug-likeness (QED) is 0.543. The van der Waals surface area contributed by atoms with E-state index >= 15 is 0 Å². The minimum absolute atomic E-state index is 0.0773. The van der Waals surface area contributed by atoms with Gasteiger partial charge >= 0.3 is 0 Å². The molecule has 1 amide bonds. The Morgan fingerprint density at radius 1 is 1.00 bits per heavy atom. The first-order chi connectivity index (χ1) is 14.8. The average Bonchev–Trinajstić information content (AvgIpc) is 2.76. The SMILES string of the molecule is Cc1c(Cl)cccc1N(CC(=O)NCCc1ccc(F)cc1)S(=O)(=O)c1ccccc1. The number of rotatable bonds is 8. The molecule has 0 unspecified atom stereocenters. The zero-order valence-corrected chi connectivity index (χ0v) is 18.5. The predicted molar refractivity (Wildman–Crippen MR) is 120 cm³/mol. The zero-order chi connectivity index (χ0) is 22.4. The fraction of sp³-hybridized carbons (Fsp3) is 0.174. The van der Waals surface area contributed by atoms with Crippen LogP contribution in [0.4, 0.5) is 10.1 Å². The highest BCUT2D eigenvalue weighted by Gasteiger charge is 2.28. The van der Waals surface area contributed by atoms with Crippen molar-refractivity contribution in [2.24, 2.45) is 0 Å². The molecule has 0 aliphatic carbocycles. The van der Waals surface area contributed by atoms with Gasteiger partial charge in [0.05, 0.1) is 10.6 Å². The number of carbonyl (C=O) groups excluding carboxylic acids is 1. The number of benzene rings is 3. The van der Waals surface area contributed by atoms with E-state index in [0.29, 0.717) is 22.7 Å². The van der Waals surface area contributed by atoms with Crippen molar-refractivity contribution in [3.63, 3.8) is 0 Å². The first kappa shape index (κ1) is 22.8. The highest BCUT2D eigenvalue weighted by Crippen LogP contribution is 2.30. The number of anilines is 1. The molecule has 0 aromatic heterocycles. The van der Waals surface area contributed by atoms with Crippen molar-refractivity contribution in [1.82, 2.24) is 5.32 Å². The molecule has 31 heavy (non-hydrogen) atoms. The van der Waals surface area contributed by atoms with E-state index in [1.807, 2.05) is 0 Å². The number of amides is 1. The van der Waals surface area contributed by atoms with Crippen molar-refractivity contribution < 1.29 is 17.6 Å². The first-order valence-electron chi connectivity index (χ1n) is 9.63. The van der Waals surface area contributed by atoms with E-state index in [-0.39, 0.29) is 17.3 Å². The van der Waals surface area contributed by atoms with Gasteiger partial charge in [0.1, 0.15) is 12.4 Å². The Bertz CT molecular complexity index is 1150. The fourth-order valence-electron chi connectivity index (χ4n) is 3.07. The van der Waals surface area contributed by atoms with Crippen LogP contribution in [0, 0.1) is 12.7 Å². The Labute approximate surface area is 186 Å². The molecule has 162 valence electrons. The number of halogens is 2. The summed E-state index contributed by atoms with van der Waals surface area (Å²) >= 11 is 6.20. The molecule has 0 bridgehead atoms. The van der Waals surface area contributed by atoms with Crippen LogP contribution in [0.3, 0.4) is 0 Å². The van der Waals surface area contributed by atoms with Gasteiger partial charge in [0.25, 0.3) is 10.0 Å². The standard InChI is InChI=1S/C23H22ClFN2O3S/c1-17-21(24)8-5-9-22(17)27(31(29,30)20-6-3-2-4-7-20)16-23(28)26-15-14-18-10-12-19(25)13-11-18/h2-13H,14-16H2,1H3,(H,26,28). The molecular formula is C23H22ClFN2O3S. The van der Waals surface area contributed by atoms with E-state index in [0.717, 1.165) is 9.87 Å². The maximum Gasteiger partial charge on any atom is 0.264 e. The highest BCUT2D eigenvalue weighted by molar-refractivity contribution is 7.92. The van der Waals surface area contributed by atoms with Crippen molar-refractivity contribution in [3.05, 3.63) is 94.8 Å². The molecule has 0 aliphatic rings. The van der Waals surface area contributed by atoms with E-state index in [2.05, 4.69) is 5.32 Å². The number of hydrogen-bond acceptors (Lipinski definition) is 3. The third-order valence-corrected chi connectivity index (χ3v) is 6.96. The van der Waals surface area contributed by atoms with Gasteiger partial charge in [0.15, 0.2) is 0 Å². The fourth-order valence-corrected chi connectivity index (χ4v) is 4.74. The molecule has 5 nitrogen and oxygen atoms in total. The average molecular weight is 461 g/mol. The molecule has 0 fully saturated rings. The summed E-state index contributed by atoms with van der Waals surface area (Å²) in [6.45, 7) is 1.59. The summed E-state index contributed by atoms with van der Waals surface area (Å²) in [7, 11) is -4.00. The highest BCUT2D eigenvalue weighted by atomic mass is 35.5. The summed E-state index contributed by atoms with van der Waals surface area (Å²) in [6, 6.07) is 18.8. The molecule has 3 rings (SSSR count). The molecule has 1 N–H and O–H groups in total. The lowest BCUT2D eigenvalue weighted by atomic mass is 10.1. The summed E-state index contributed by atoms with van der Waals surface area (Å²) in [5, 5.41) is 3.14. The lowest BCUT2D eigenvalue weighted by Crippen LogP contribution is -2.41. The summed E-state index contributed by atoms with van der Waals surface area (Å²) in [4.78, 5) is 12.7.